The molecule has 0 atom stereocenters. The molecule has 0 amide bonds. The van der Waals surface area contributed by atoms with E-state index in [0.717, 1.165) is 6.42 Å². The zero-order valence-corrected chi connectivity index (χ0v) is 10.4. The first-order valence-corrected chi connectivity index (χ1v) is 5.59. The van der Waals surface area contributed by atoms with Gasteiger partial charge >= 0.3 is 0 Å². The molecule has 4 nitrogen and oxygen atoms in total. The smallest absolute Gasteiger partial charge is 0.159 e. The molecule has 0 bridgehead atoms. The topological polar surface area (TPSA) is 53.7 Å². The molecule has 0 saturated heterocycles. The largest absolute Gasteiger partial charge is 0.379 e. The van der Waals surface area contributed by atoms with Crippen molar-refractivity contribution in [2.75, 3.05) is 26.4 Å². The Balaban J connectivity index is 3.52. The van der Waals surface area contributed by atoms with Crippen LogP contribution in [0.2, 0.25) is 0 Å². The molecular formula is C11H25NO3. The standard InChI is InChI=1S/C11H25NO3/c1-5-14-10(15-6-2)7-8-13-9-11(3,4)12/h10H,5-9,12H2,1-4H3. The third-order valence-corrected chi connectivity index (χ3v) is 1.68. The fourth-order valence-corrected chi connectivity index (χ4v) is 1.10. The first-order valence-electron chi connectivity index (χ1n) is 5.59. The summed E-state index contributed by atoms with van der Waals surface area (Å²) in [5.74, 6) is 0. The molecule has 0 unspecified atom stereocenters. The van der Waals surface area contributed by atoms with Crippen LogP contribution in [-0.4, -0.2) is 38.3 Å². The summed E-state index contributed by atoms with van der Waals surface area (Å²) in [6, 6.07) is 0. The molecular weight excluding hydrogens is 194 g/mol. The maximum atomic E-state index is 5.78. The van der Waals surface area contributed by atoms with E-state index in [9.17, 15) is 0 Å². The Morgan fingerprint density at radius 2 is 1.67 bits per heavy atom. The van der Waals surface area contributed by atoms with Crippen LogP contribution >= 0.6 is 0 Å². The van der Waals surface area contributed by atoms with E-state index in [2.05, 4.69) is 0 Å². The van der Waals surface area contributed by atoms with Gasteiger partial charge < -0.3 is 19.9 Å². The van der Waals surface area contributed by atoms with E-state index >= 15 is 0 Å². The zero-order valence-electron chi connectivity index (χ0n) is 10.4. The minimum absolute atomic E-state index is 0.152. The molecule has 0 rings (SSSR count). The minimum Gasteiger partial charge on any atom is -0.379 e. The Labute approximate surface area is 93.1 Å². The van der Waals surface area contributed by atoms with Crippen molar-refractivity contribution in [3.8, 4) is 0 Å². The second-order valence-corrected chi connectivity index (χ2v) is 4.17. The van der Waals surface area contributed by atoms with E-state index in [-0.39, 0.29) is 11.8 Å². The van der Waals surface area contributed by atoms with E-state index in [4.69, 9.17) is 19.9 Å². The number of hydrogen-bond acceptors (Lipinski definition) is 4. The highest BCUT2D eigenvalue weighted by Crippen LogP contribution is 2.03. The quantitative estimate of drug-likeness (QED) is 0.472. The summed E-state index contributed by atoms with van der Waals surface area (Å²) in [5.41, 5.74) is 5.51. The molecule has 0 aromatic rings. The summed E-state index contributed by atoms with van der Waals surface area (Å²) in [6.45, 7) is 10.3. The average molecular weight is 219 g/mol. The predicted molar refractivity (Wildman–Crippen MR) is 60.7 cm³/mol. The highest BCUT2D eigenvalue weighted by molar-refractivity contribution is 4.69. The highest BCUT2D eigenvalue weighted by atomic mass is 16.7. The Morgan fingerprint density at radius 3 is 2.07 bits per heavy atom. The molecule has 0 radical (unpaired) electrons. The van der Waals surface area contributed by atoms with Crippen LogP contribution in [-0.2, 0) is 14.2 Å². The van der Waals surface area contributed by atoms with Gasteiger partial charge in [0.05, 0.1) is 13.2 Å². The van der Waals surface area contributed by atoms with Crippen molar-refractivity contribution in [1.29, 1.82) is 0 Å². The van der Waals surface area contributed by atoms with Crippen LogP contribution in [0, 0.1) is 0 Å². The van der Waals surface area contributed by atoms with Gasteiger partial charge in [-0.2, -0.15) is 0 Å². The fourth-order valence-electron chi connectivity index (χ4n) is 1.10. The van der Waals surface area contributed by atoms with E-state index in [0.29, 0.717) is 26.4 Å². The van der Waals surface area contributed by atoms with Crippen molar-refractivity contribution in [1.82, 2.24) is 0 Å². The molecule has 0 aromatic carbocycles. The molecule has 0 saturated carbocycles. The molecule has 4 heteroatoms. The molecule has 92 valence electrons. The third-order valence-electron chi connectivity index (χ3n) is 1.68. The van der Waals surface area contributed by atoms with Gasteiger partial charge in [-0.1, -0.05) is 0 Å². The average Bonchev–Trinajstić information content (AvgIpc) is 2.11. The van der Waals surface area contributed by atoms with Crippen LogP contribution in [0.25, 0.3) is 0 Å². The van der Waals surface area contributed by atoms with Gasteiger partial charge in [0.2, 0.25) is 0 Å². The van der Waals surface area contributed by atoms with E-state index in [1.54, 1.807) is 0 Å². The number of nitrogens with two attached hydrogens (primary N) is 1. The molecule has 0 aliphatic rings. The van der Waals surface area contributed by atoms with Crippen molar-refractivity contribution >= 4 is 0 Å². The van der Waals surface area contributed by atoms with Crippen LogP contribution in [0.3, 0.4) is 0 Å². The minimum atomic E-state index is -0.271. The van der Waals surface area contributed by atoms with E-state index < -0.39 is 0 Å². The van der Waals surface area contributed by atoms with Crippen LogP contribution in [0.4, 0.5) is 0 Å². The lowest BCUT2D eigenvalue weighted by Gasteiger charge is -2.20. The van der Waals surface area contributed by atoms with Crippen molar-refractivity contribution in [2.24, 2.45) is 5.73 Å². The summed E-state index contributed by atoms with van der Waals surface area (Å²) < 4.78 is 16.2. The SMILES string of the molecule is CCOC(CCOCC(C)(C)N)OCC. The Morgan fingerprint density at radius 1 is 1.13 bits per heavy atom. The first kappa shape index (κ1) is 14.8. The van der Waals surface area contributed by atoms with Gasteiger partial charge in [-0.25, -0.2) is 0 Å². The maximum absolute atomic E-state index is 5.78. The van der Waals surface area contributed by atoms with Gasteiger partial charge in [-0.15, -0.1) is 0 Å². The predicted octanol–water partition coefficient (Wildman–Crippen LogP) is 1.53. The first-order chi connectivity index (χ1) is 6.99. The van der Waals surface area contributed by atoms with Crippen molar-refractivity contribution in [3.63, 3.8) is 0 Å². The number of hydrogen-bond donors (Lipinski definition) is 1. The lowest BCUT2D eigenvalue weighted by Crippen LogP contribution is -2.37. The van der Waals surface area contributed by atoms with Gasteiger partial charge in [0.25, 0.3) is 0 Å². The van der Waals surface area contributed by atoms with Crippen molar-refractivity contribution in [3.05, 3.63) is 0 Å². The molecule has 0 aliphatic heterocycles. The second-order valence-electron chi connectivity index (χ2n) is 4.17. The Kier molecular flexibility index (Phi) is 7.96. The fraction of sp³-hybridized carbons (Fsp3) is 1.00. The molecule has 0 aromatic heterocycles. The number of ether oxygens (including phenoxy) is 3. The second kappa shape index (κ2) is 8.05. The van der Waals surface area contributed by atoms with Gasteiger partial charge in [0, 0.05) is 25.2 Å². The summed E-state index contributed by atoms with van der Waals surface area (Å²) in [4.78, 5) is 0. The zero-order chi connectivity index (χ0) is 11.7. The van der Waals surface area contributed by atoms with Gasteiger partial charge in [-0.3, -0.25) is 0 Å². The van der Waals surface area contributed by atoms with E-state index in [1.165, 1.54) is 0 Å². The Hall–Kier alpha value is -0.160. The summed E-state index contributed by atoms with van der Waals surface area (Å²) in [6.07, 6.45) is 0.596. The van der Waals surface area contributed by atoms with Gasteiger partial charge in [-0.05, 0) is 27.7 Å². The van der Waals surface area contributed by atoms with Crippen LogP contribution in [0.5, 0.6) is 0 Å². The summed E-state index contributed by atoms with van der Waals surface area (Å²) in [5, 5.41) is 0. The van der Waals surface area contributed by atoms with Crippen molar-refractivity contribution < 1.29 is 14.2 Å². The molecule has 15 heavy (non-hydrogen) atoms. The molecule has 0 heterocycles. The van der Waals surface area contributed by atoms with E-state index in [1.807, 2.05) is 27.7 Å². The van der Waals surface area contributed by atoms with Crippen LogP contribution < -0.4 is 5.73 Å². The lowest BCUT2D eigenvalue weighted by atomic mass is 10.1. The highest BCUT2D eigenvalue weighted by Gasteiger charge is 2.12. The monoisotopic (exact) mass is 219 g/mol. The van der Waals surface area contributed by atoms with Crippen molar-refractivity contribution in [2.45, 2.75) is 45.9 Å². The maximum Gasteiger partial charge on any atom is 0.159 e. The summed E-state index contributed by atoms with van der Waals surface area (Å²) >= 11 is 0. The van der Waals surface area contributed by atoms with Crippen LogP contribution in [0.15, 0.2) is 0 Å². The third kappa shape index (κ3) is 10.1. The summed E-state index contributed by atoms with van der Waals surface area (Å²) in [7, 11) is 0. The van der Waals surface area contributed by atoms with Crippen LogP contribution in [0.1, 0.15) is 34.1 Å². The molecule has 0 spiro atoms. The lowest BCUT2D eigenvalue weighted by molar-refractivity contribution is -0.147. The normalized spacial score (nSPS) is 12.4. The molecule has 0 aliphatic carbocycles. The number of rotatable bonds is 9. The van der Waals surface area contributed by atoms with Gasteiger partial charge in [0.1, 0.15) is 0 Å². The van der Waals surface area contributed by atoms with Gasteiger partial charge in [0.15, 0.2) is 6.29 Å². The molecule has 0 fully saturated rings. The Bertz CT molecular complexity index is 139. The molecule has 2 N–H and O–H groups in total.